The number of methoxy groups -OCH3 is 2. The number of hydrogen-bond donors (Lipinski definition) is 5. The third kappa shape index (κ3) is 13.7. The second kappa shape index (κ2) is 22.6. The van der Waals surface area contributed by atoms with Gasteiger partial charge in [-0.2, -0.15) is 0 Å². The molecular formula is C42H44Cl2N5O14P. The van der Waals surface area contributed by atoms with E-state index in [0.29, 0.717) is 16.7 Å². The van der Waals surface area contributed by atoms with E-state index in [2.05, 4.69) is 25.8 Å². The lowest BCUT2D eigenvalue weighted by atomic mass is 10.1. The fourth-order valence-corrected chi connectivity index (χ4v) is 7.56. The summed E-state index contributed by atoms with van der Waals surface area (Å²) in [6.07, 6.45) is -0.910. The summed E-state index contributed by atoms with van der Waals surface area (Å²) in [5.41, 5.74) is 0.834. The number of nitrogens with one attached hydrogen (secondary N) is 4. The minimum Gasteiger partial charge on any atom is -0.496 e. The molecule has 5 rings (SSSR count). The van der Waals surface area contributed by atoms with Crippen LogP contribution in [0.15, 0.2) is 91.1 Å². The molecule has 0 spiro atoms. The number of halogens is 2. The maximum absolute atomic E-state index is 14.0. The van der Waals surface area contributed by atoms with Gasteiger partial charge in [-0.1, -0.05) is 35.9 Å². The van der Waals surface area contributed by atoms with Gasteiger partial charge < -0.3 is 38.1 Å². The third-order valence-corrected chi connectivity index (χ3v) is 10.7. The summed E-state index contributed by atoms with van der Waals surface area (Å²) in [7, 11) is -1.77. The van der Waals surface area contributed by atoms with Gasteiger partial charge in [-0.25, -0.2) is 24.3 Å². The molecule has 4 aromatic carbocycles. The molecule has 1 aromatic heterocycles. The number of carboxylic acid groups (broad SMARTS) is 1. The molecule has 0 fully saturated rings. The van der Waals surface area contributed by atoms with Crippen LogP contribution in [0, 0.1) is 0 Å². The Kier molecular flexibility index (Phi) is 17.7. The predicted octanol–water partition coefficient (Wildman–Crippen LogP) is 8.28. The Hall–Kier alpha value is -6.63. The molecule has 0 aliphatic heterocycles. The van der Waals surface area contributed by atoms with E-state index in [9.17, 15) is 33.6 Å². The lowest BCUT2D eigenvalue weighted by Gasteiger charge is -2.26. The number of amides is 3. The number of imide groups is 1. The van der Waals surface area contributed by atoms with Crippen molar-refractivity contribution in [1.82, 2.24) is 20.5 Å². The molecule has 1 heterocycles. The lowest BCUT2D eigenvalue weighted by molar-refractivity contribution is -0.149. The van der Waals surface area contributed by atoms with Crippen LogP contribution >= 0.6 is 31.7 Å². The molecule has 0 aliphatic rings. The average molecular weight is 945 g/mol. The van der Waals surface area contributed by atoms with Gasteiger partial charge in [0.2, 0.25) is 0 Å². The van der Waals surface area contributed by atoms with Crippen LogP contribution in [0.2, 0.25) is 5.02 Å². The van der Waals surface area contributed by atoms with E-state index in [-0.39, 0.29) is 63.0 Å². The average Bonchev–Trinajstić information content (AvgIpc) is 3.23. The zero-order valence-electron chi connectivity index (χ0n) is 35.0. The third-order valence-electron chi connectivity index (χ3n) is 8.47. The lowest BCUT2D eigenvalue weighted by Crippen LogP contribution is -2.43. The van der Waals surface area contributed by atoms with E-state index in [1.54, 1.807) is 56.3 Å². The zero-order valence-corrected chi connectivity index (χ0v) is 37.5. The Labute approximate surface area is 378 Å². The molecule has 64 heavy (non-hydrogen) atoms. The van der Waals surface area contributed by atoms with E-state index < -0.39 is 62.5 Å². The first kappa shape index (κ1) is 50.0. The van der Waals surface area contributed by atoms with Crippen LogP contribution < -0.4 is 44.3 Å². The number of pyridine rings is 1. The molecule has 0 saturated heterocycles. The first-order valence-corrected chi connectivity index (χ1v) is 20.9. The van der Waals surface area contributed by atoms with E-state index in [1.165, 1.54) is 76.7 Å². The number of carbonyl (C=O) groups excluding carboxylic acids is 4. The second-order valence-electron chi connectivity index (χ2n) is 13.6. The highest BCUT2D eigenvalue weighted by Gasteiger charge is 2.35. The molecule has 22 heteroatoms. The Morgan fingerprint density at radius 3 is 2.14 bits per heavy atom. The fraction of sp³-hybridized carbons (Fsp3) is 0.238. The molecule has 3 atom stereocenters. The van der Waals surface area contributed by atoms with Crippen molar-refractivity contribution in [3.05, 3.63) is 107 Å². The van der Waals surface area contributed by atoms with Crippen molar-refractivity contribution >= 4 is 78.3 Å². The van der Waals surface area contributed by atoms with Crippen molar-refractivity contribution in [1.29, 1.82) is 0 Å². The number of para-hydroxylation sites is 1. The highest BCUT2D eigenvalue weighted by atomic mass is 35.5. The van der Waals surface area contributed by atoms with Crippen LogP contribution in [-0.2, 0) is 30.2 Å². The summed E-state index contributed by atoms with van der Waals surface area (Å²) >= 11 is 6.46. The van der Waals surface area contributed by atoms with E-state index in [0.717, 1.165) is 0 Å². The number of carboxylic acids is 1. The van der Waals surface area contributed by atoms with Crippen LogP contribution in [0.4, 0.5) is 15.3 Å². The van der Waals surface area contributed by atoms with Gasteiger partial charge >= 0.3 is 31.8 Å². The number of aromatic nitrogens is 1. The van der Waals surface area contributed by atoms with Gasteiger partial charge in [0, 0.05) is 23.7 Å². The van der Waals surface area contributed by atoms with E-state index >= 15 is 0 Å². The normalized spacial score (nSPS) is 12.6. The van der Waals surface area contributed by atoms with E-state index in [4.69, 9.17) is 44.5 Å². The molecule has 340 valence electrons. The van der Waals surface area contributed by atoms with Gasteiger partial charge in [0.05, 0.1) is 42.1 Å². The number of rotatable bonds is 18. The van der Waals surface area contributed by atoms with Crippen LogP contribution in [0.1, 0.15) is 43.6 Å². The Bertz CT molecular complexity index is 2550. The quantitative estimate of drug-likeness (QED) is 0.0409. The van der Waals surface area contributed by atoms with Gasteiger partial charge in [-0.3, -0.25) is 30.0 Å². The molecule has 1 unspecified atom stereocenters. The van der Waals surface area contributed by atoms with Gasteiger partial charge in [-0.05, 0) is 81.8 Å². The predicted molar refractivity (Wildman–Crippen MR) is 236 cm³/mol. The van der Waals surface area contributed by atoms with Crippen LogP contribution in [0.3, 0.4) is 0 Å². The number of hydrogen-bond acceptors (Lipinski definition) is 14. The molecule has 0 saturated carbocycles. The summed E-state index contributed by atoms with van der Waals surface area (Å²) in [6.45, 7) is 5.40. The molecule has 0 aliphatic carbocycles. The number of alkyl carbamates (subject to hydrolysis) is 1. The van der Waals surface area contributed by atoms with Crippen molar-refractivity contribution in [2.75, 3.05) is 19.5 Å². The summed E-state index contributed by atoms with van der Waals surface area (Å²) < 4.78 is 52.4. The molecule has 3 amide bonds. The second-order valence-corrected chi connectivity index (χ2v) is 15.8. The van der Waals surface area contributed by atoms with Gasteiger partial charge in [0.15, 0.2) is 11.5 Å². The Morgan fingerprint density at radius 1 is 0.781 bits per heavy atom. The standard InChI is InChI=1S/C42H43ClN5O14P.ClH/c1-23(2)59-40(52)25(4)48-63(55,47-24(3)39(50)51)62-37-18-26(12-15-35(37)56-5)22-58-41(53)46-38(49)30-20-29-33(21-36(30)57-6)44-17-16-34(29)60-28-13-14-32(31(43)19-28)45-42(54)61-27-10-8-7-9-11-27;/h7-21,23-25H,22H2,1-6H3,(H,45,54)(H,50,51)(H,46,49,53)(H2,47,48,55);1H/t24-,25-,63?;/m0./s1. The van der Waals surface area contributed by atoms with Crippen molar-refractivity contribution in [3.63, 3.8) is 0 Å². The highest BCUT2D eigenvalue weighted by Crippen LogP contribution is 2.44. The van der Waals surface area contributed by atoms with Crippen molar-refractivity contribution in [2.24, 2.45) is 0 Å². The van der Waals surface area contributed by atoms with Crippen LogP contribution in [0.25, 0.3) is 10.9 Å². The first-order valence-electron chi connectivity index (χ1n) is 18.9. The minimum atomic E-state index is -4.40. The van der Waals surface area contributed by atoms with Crippen LogP contribution in [-0.4, -0.2) is 72.5 Å². The van der Waals surface area contributed by atoms with E-state index in [1.807, 2.05) is 0 Å². The number of nitrogens with zero attached hydrogens (tertiary/aromatic N) is 1. The van der Waals surface area contributed by atoms with Gasteiger partial charge in [0.25, 0.3) is 5.91 Å². The first-order chi connectivity index (χ1) is 30.0. The van der Waals surface area contributed by atoms with Crippen molar-refractivity contribution in [3.8, 4) is 34.5 Å². The number of aliphatic carboxylic acids is 1. The largest absolute Gasteiger partial charge is 0.496 e. The SMILES string of the molecule is COc1ccc(COC(=O)NC(=O)c2cc3c(Oc4ccc(NC(=O)Oc5ccccc5)c(Cl)c4)ccnc3cc2OC)cc1OP(=O)(N[C@@H](C)C(=O)O)N[C@@H](C)C(=O)OC(C)C.Cl. The summed E-state index contributed by atoms with van der Waals surface area (Å²) in [5.74, 6) is -2.19. The van der Waals surface area contributed by atoms with Crippen LogP contribution in [0.5, 0.6) is 34.5 Å². The molecule has 5 aromatic rings. The molecule has 0 radical (unpaired) electrons. The monoisotopic (exact) mass is 943 g/mol. The molecule has 5 N–H and O–H groups in total. The zero-order chi connectivity index (χ0) is 45.8. The molecule has 19 nitrogen and oxygen atoms in total. The number of anilines is 1. The topological polar surface area (TPSA) is 248 Å². The Balaban J connectivity index is 0.00000898. The maximum atomic E-state index is 14.0. The van der Waals surface area contributed by atoms with Crippen molar-refractivity contribution < 1.29 is 66.6 Å². The summed E-state index contributed by atoms with van der Waals surface area (Å²) in [5, 5.41) is 19.6. The fourth-order valence-electron chi connectivity index (χ4n) is 5.51. The summed E-state index contributed by atoms with van der Waals surface area (Å²) in [4.78, 5) is 67.4. The number of esters is 1. The van der Waals surface area contributed by atoms with Gasteiger partial charge in [0.1, 0.15) is 41.7 Å². The number of fused-ring (bicyclic) bond motifs is 1. The number of ether oxygens (including phenoxy) is 6. The number of benzene rings is 4. The summed E-state index contributed by atoms with van der Waals surface area (Å²) in [6, 6.07) is 19.1. The maximum Gasteiger partial charge on any atom is 0.417 e. The number of carbonyl (C=O) groups is 5. The highest BCUT2D eigenvalue weighted by molar-refractivity contribution is 7.55. The smallest absolute Gasteiger partial charge is 0.417 e. The van der Waals surface area contributed by atoms with Crippen molar-refractivity contribution in [2.45, 2.75) is 52.5 Å². The molecular weight excluding hydrogens is 900 g/mol. The minimum absolute atomic E-state index is 0. The molecule has 0 bridgehead atoms. The Morgan fingerprint density at radius 2 is 1.48 bits per heavy atom. The van der Waals surface area contributed by atoms with Gasteiger partial charge in [-0.15, -0.1) is 12.4 Å².